The average Bonchev–Trinajstić information content (AvgIpc) is 3.55. The minimum absolute atomic E-state index is 0.101. The summed E-state index contributed by atoms with van der Waals surface area (Å²) in [6, 6.07) is 2.54. The fraction of sp³-hybridized carbons (Fsp3) is 0.800. The Kier molecular flexibility index (Phi) is 6.32. The van der Waals surface area contributed by atoms with Crippen LogP contribution in [0.3, 0.4) is 0 Å². The van der Waals surface area contributed by atoms with Gasteiger partial charge in [-0.2, -0.15) is 5.26 Å². The molecule has 0 aromatic rings. The Balaban J connectivity index is 1.44. The zero-order valence-electron chi connectivity index (χ0n) is 17.6. The predicted molar refractivity (Wildman–Crippen MR) is 111 cm³/mol. The molecule has 0 saturated heterocycles. The smallest absolute Gasteiger partial charge is 0.0689 e. The third-order valence-corrected chi connectivity index (χ3v) is 7.61. The average molecular weight is 354 g/mol. The second-order valence-electron chi connectivity index (χ2n) is 9.96. The summed E-state index contributed by atoms with van der Waals surface area (Å²) >= 11 is 0. The van der Waals surface area contributed by atoms with Crippen LogP contribution in [-0.2, 0) is 0 Å². The Morgan fingerprint density at radius 2 is 1.54 bits per heavy atom. The highest BCUT2D eigenvalue weighted by molar-refractivity contribution is 5.40. The van der Waals surface area contributed by atoms with E-state index < -0.39 is 0 Å². The second kappa shape index (κ2) is 8.33. The van der Waals surface area contributed by atoms with Crippen LogP contribution < -0.4 is 0 Å². The Morgan fingerprint density at radius 1 is 0.846 bits per heavy atom. The normalized spacial score (nSPS) is 23.2. The van der Waals surface area contributed by atoms with E-state index in [-0.39, 0.29) is 5.41 Å². The quantitative estimate of drug-likeness (QED) is 0.345. The van der Waals surface area contributed by atoms with E-state index in [0.29, 0.717) is 5.41 Å². The molecule has 0 aliphatic heterocycles. The van der Waals surface area contributed by atoms with Gasteiger partial charge in [-0.25, -0.2) is 0 Å². The third-order valence-electron chi connectivity index (χ3n) is 7.61. The minimum Gasteiger partial charge on any atom is -0.198 e. The molecule has 1 heteroatoms. The molecule has 0 aromatic heterocycles. The lowest BCUT2D eigenvalue weighted by Gasteiger charge is -2.24. The van der Waals surface area contributed by atoms with E-state index in [1.165, 1.54) is 77.0 Å². The first-order valence-corrected chi connectivity index (χ1v) is 11.3. The molecule has 2 saturated carbocycles. The van der Waals surface area contributed by atoms with Crippen molar-refractivity contribution in [3.63, 3.8) is 0 Å². The summed E-state index contributed by atoms with van der Waals surface area (Å²) in [6.45, 7) is 7.18. The molecule has 0 radical (unpaired) electrons. The summed E-state index contributed by atoms with van der Waals surface area (Å²) in [5, 5.41) is 9.20. The van der Waals surface area contributed by atoms with Gasteiger partial charge in [0, 0.05) is 0 Å². The molecule has 3 rings (SSSR count). The van der Waals surface area contributed by atoms with Crippen molar-refractivity contribution in [1.29, 1.82) is 5.26 Å². The van der Waals surface area contributed by atoms with Crippen LogP contribution in [0.4, 0.5) is 0 Å². The Hall–Kier alpha value is -1.03. The van der Waals surface area contributed by atoms with Crippen molar-refractivity contribution >= 4 is 0 Å². The summed E-state index contributed by atoms with van der Waals surface area (Å²) < 4.78 is 0. The fourth-order valence-electron chi connectivity index (χ4n) is 4.70. The van der Waals surface area contributed by atoms with E-state index in [2.05, 4.69) is 26.8 Å². The van der Waals surface area contributed by atoms with Gasteiger partial charge < -0.3 is 0 Å². The molecule has 0 unspecified atom stereocenters. The Morgan fingerprint density at radius 3 is 2.19 bits per heavy atom. The first-order chi connectivity index (χ1) is 12.5. The van der Waals surface area contributed by atoms with Crippen LogP contribution in [0.25, 0.3) is 0 Å². The molecule has 144 valence electrons. The number of allylic oxidation sites excluding steroid dienone is 4. The molecule has 1 nitrogen and oxygen atoms in total. The van der Waals surface area contributed by atoms with Gasteiger partial charge in [-0.15, -0.1) is 0 Å². The lowest BCUT2D eigenvalue weighted by molar-refractivity contribution is 0.481. The van der Waals surface area contributed by atoms with Crippen LogP contribution in [0.5, 0.6) is 0 Å². The molecule has 3 aliphatic rings. The van der Waals surface area contributed by atoms with Gasteiger partial charge in [0.15, 0.2) is 0 Å². The van der Waals surface area contributed by atoms with Gasteiger partial charge in [-0.3, -0.25) is 0 Å². The van der Waals surface area contributed by atoms with Crippen molar-refractivity contribution in [2.75, 3.05) is 0 Å². The lowest BCUT2D eigenvalue weighted by Crippen LogP contribution is -2.05. The third kappa shape index (κ3) is 5.25. The first kappa shape index (κ1) is 19.7. The van der Waals surface area contributed by atoms with E-state index >= 15 is 0 Å². The van der Waals surface area contributed by atoms with Crippen molar-refractivity contribution in [2.24, 2.45) is 10.8 Å². The number of rotatable bonds is 11. The highest BCUT2D eigenvalue weighted by Gasteiger charge is 2.42. The van der Waals surface area contributed by atoms with E-state index in [1.807, 2.05) is 0 Å². The molecule has 0 bridgehead atoms. The van der Waals surface area contributed by atoms with Crippen molar-refractivity contribution in [3.8, 4) is 6.07 Å². The zero-order valence-corrected chi connectivity index (χ0v) is 17.6. The molecule has 2 fully saturated rings. The number of hydrogen-bond acceptors (Lipinski definition) is 1. The van der Waals surface area contributed by atoms with Gasteiger partial charge in [0.05, 0.1) is 11.5 Å². The standard InChI is InChI=1S/C25H39N/c1-20-11-12-22(9-5-4-7-14-25(19-26)17-18-25)23(21(20)2)10-6-8-13-24(3)15-16-24/h4-18H2,1-3H3. The van der Waals surface area contributed by atoms with Gasteiger partial charge in [0.1, 0.15) is 0 Å². The fourth-order valence-corrected chi connectivity index (χ4v) is 4.70. The SMILES string of the molecule is CC1=C(C)C(CCCCC2(C)CC2)=C(CCCCCC2(C#N)CC2)CC1. The molecular weight excluding hydrogens is 314 g/mol. The number of nitriles is 1. The van der Waals surface area contributed by atoms with Gasteiger partial charge >= 0.3 is 0 Å². The molecule has 0 aromatic carbocycles. The molecule has 0 spiro atoms. The molecule has 26 heavy (non-hydrogen) atoms. The Labute approximate surface area is 161 Å². The summed E-state index contributed by atoms with van der Waals surface area (Å²) in [6.07, 6.45) is 19.7. The number of hydrogen-bond donors (Lipinski definition) is 0. The lowest BCUT2D eigenvalue weighted by atomic mass is 9.82. The number of nitrogens with zero attached hydrogens (tertiary/aromatic N) is 1. The summed E-state index contributed by atoms with van der Waals surface area (Å²) in [5.74, 6) is 0. The summed E-state index contributed by atoms with van der Waals surface area (Å²) in [4.78, 5) is 0. The number of unbranched alkanes of at least 4 members (excludes halogenated alkanes) is 3. The van der Waals surface area contributed by atoms with Crippen molar-refractivity contribution in [1.82, 2.24) is 0 Å². The molecule has 0 atom stereocenters. The van der Waals surface area contributed by atoms with Crippen LogP contribution >= 0.6 is 0 Å². The van der Waals surface area contributed by atoms with Gasteiger partial charge in [0.2, 0.25) is 0 Å². The minimum atomic E-state index is 0.101. The maximum absolute atomic E-state index is 9.20. The van der Waals surface area contributed by atoms with Crippen LogP contribution in [0.1, 0.15) is 117 Å². The zero-order chi connectivity index (χ0) is 18.6. The Bertz CT molecular complexity index is 605. The van der Waals surface area contributed by atoms with Crippen LogP contribution in [-0.4, -0.2) is 0 Å². The molecular formula is C25H39N. The van der Waals surface area contributed by atoms with Gasteiger partial charge in [-0.05, 0) is 107 Å². The van der Waals surface area contributed by atoms with Crippen LogP contribution in [0, 0.1) is 22.2 Å². The maximum Gasteiger partial charge on any atom is 0.0689 e. The largest absolute Gasteiger partial charge is 0.198 e. The van der Waals surface area contributed by atoms with Crippen molar-refractivity contribution < 1.29 is 0 Å². The first-order valence-electron chi connectivity index (χ1n) is 11.3. The summed E-state index contributed by atoms with van der Waals surface area (Å²) in [5.41, 5.74) is 7.56. The summed E-state index contributed by atoms with van der Waals surface area (Å²) in [7, 11) is 0. The van der Waals surface area contributed by atoms with Crippen molar-refractivity contribution in [2.45, 2.75) is 117 Å². The van der Waals surface area contributed by atoms with Gasteiger partial charge in [-0.1, -0.05) is 37.3 Å². The monoisotopic (exact) mass is 353 g/mol. The molecule has 0 amide bonds. The molecule has 0 N–H and O–H groups in total. The maximum atomic E-state index is 9.20. The van der Waals surface area contributed by atoms with Crippen molar-refractivity contribution in [3.05, 3.63) is 22.3 Å². The topological polar surface area (TPSA) is 23.8 Å². The van der Waals surface area contributed by atoms with E-state index in [0.717, 1.165) is 19.3 Å². The molecule has 0 heterocycles. The second-order valence-corrected chi connectivity index (χ2v) is 9.96. The van der Waals surface area contributed by atoms with E-state index in [4.69, 9.17) is 0 Å². The highest BCUT2D eigenvalue weighted by atomic mass is 14.5. The predicted octanol–water partition coefficient (Wildman–Crippen LogP) is 8.03. The van der Waals surface area contributed by atoms with Gasteiger partial charge in [0.25, 0.3) is 0 Å². The van der Waals surface area contributed by atoms with E-state index in [9.17, 15) is 5.26 Å². The molecule has 3 aliphatic carbocycles. The van der Waals surface area contributed by atoms with Crippen LogP contribution in [0.15, 0.2) is 22.3 Å². The van der Waals surface area contributed by atoms with E-state index in [1.54, 1.807) is 22.3 Å². The highest BCUT2D eigenvalue weighted by Crippen LogP contribution is 2.50. The van der Waals surface area contributed by atoms with Crippen LogP contribution in [0.2, 0.25) is 0 Å².